The van der Waals surface area contributed by atoms with Crippen LogP contribution in [-0.4, -0.2) is 31.0 Å². The minimum absolute atomic E-state index is 0.387. The van der Waals surface area contributed by atoms with E-state index in [1.165, 1.54) is 36.8 Å². The molecule has 0 amide bonds. The monoisotopic (exact) mass is 275 g/mol. The van der Waals surface area contributed by atoms with Crippen LogP contribution in [-0.2, 0) is 11.2 Å². The second-order valence-corrected chi connectivity index (χ2v) is 6.19. The summed E-state index contributed by atoms with van der Waals surface area (Å²) in [6.45, 7) is 1.89. The zero-order valence-electron chi connectivity index (χ0n) is 12.1. The van der Waals surface area contributed by atoms with Crippen LogP contribution in [0.1, 0.15) is 42.9 Å². The average molecular weight is 275 g/mol. The van der Waals surface area contributed by atoms with Gasteiger partial charge in [-0.2, -0.15) is 0 Å². The van der Waals surface area contributed by atoms with Crippen LogP contribution in [0.2, 0.25) is 0 Å². The Morgan fingerprint density at radius 3 is 2.95 bits per heavy atom. The topological polar surface area (TPSA) is 41.5 Å². The standard InChI is InChI=1S/C17H25NO2/c19-15(12-20-11-13-8-9-13)10-18-17-7-3-5-14-4-1-2-6-16(14)17/h1-2,4,6,13,15,17-19H,3,5,7-12H2. The molecule has 0 saturated heterocycles. The first kappa shape index (κ1) is 14.1. The molecule has 0 radical (unpaired) electrons. The van der Waals surface area contributed by atoms with E-state index in [1.54, 1.807) is 0 Å². The molecule has 1 saturated carbocycles. The predicted molar refractivity (Wildman–Crippen MR) is 79.7 cm³/mol. The lowest BCUT2D eigenvalue weighted by Gasteiger charge is -2.27. The van der Waals surface area contributed by atoms with Crippen molar-refractivity contribution in [2.75, 3.05) is 19.8 Å². The van der Waals surface area contributed by atoms with Gasteiger partial charge in [-0.15, -0.1) is 0 Å². The number of aryl methyl sites for hydroxylation is 1. The number of benzene rings is 1. The molecule has 0 spiro atoms. The minimum atomic E-state index is -0.400. The number of ether oxygens (including phenoxy) is 1. The lowest BCUT2D eigenvalue weighted by molar-refractivity contribution is 0.0310. The summed E-state index contributed by atoms with van der Waals surface area (Å²) in [5, 5.41) is 13.5. The molecular weight excluding hydrogens is 250 g/mol. The van der Waals surface area contributed by atoms with Crippen LogP contribution in [0.25, 0.3) is 0 Å². The largest absolute Gasteiger partial charge is 0.389 e. The fraction of sp³-hybridized carbons (Fsp3) is 0.647. The van der Waals surface area contributed by atoms with E-state index in [2.05, 4.69) is 29.6 Å². The van der Waals surface area contributed by atoms with Gasteiger partial charge >= 0.3 is 0 Å². The van der Waals surface area contributed by atoms with Gasteiger partial charge in [0.05, 0.1) is 12.7 Å². The molecule has 3 nitrogen and oxygen atoms in total. The lowest BCUT2D eigenvalue weighted by Crippen LogP contribution is -2.34. The van der Waals surface area contributed by atoms with Crippen LogP contribution in [0.4, 0.5) is 0 Å². The number of nitrogens with one attached hydrogen (secondary N) is 1. The smallest absolute Gasteiger partial charge is 0.0897 e. The van der Waals surface area contributed by atoms with Crippen molar-refractivity contribution in [3.63, 3.8) is 0 Å². The number of rotatable bonds is 7. The first-order chi connectivity index (χ1) is 9.83. The maximum Gasteiger partial charge on any atom is 0.0897 e. The van der Waals surface area contributed by atoms with Gasteiger partial charge in [0.25, 0.3) is 0 Å². The molecule has 2 aliphatic carbocycles. The molecular formula is C17H25NO2. The van der Waals surface area contributed by atoms with Crippen LogP contribution in [0, 0.1) is 5.92 Å². The average Bonchev–Trinajstić information content (AvgIpc) is 3.29. The summed E-state index contributed by atoms with van der Waals surface area (Å²) >= 11 is 0. The Labute approximate surface area is 121 Å². The normalized spacial score (nSPS) is 23.4. The van der Waals surface area contributed by atoms with Gasteiger partial charge in [-0.25, -0.2) is 0 Å². The van der Waals surface area contributed by atoms with Crippen molar-refractivity contribution in [2.45, 2.75) is 44.2 Å². The van der Waals surface area contributed by atoms with Crippen molar-refractivity contribution in [2.24, 2.45) is 5.92 Å². The predicted octanol–water partition coefficient (Wildman–Crippen LogP) is 2.44. The van der Waals surface area contributed by atoms with Gasteiger partial charge in [0.1, 0.15) is 0 Å². The summed E-state index contributed by atoms with van der Waals surface area (Å²) in [4.78, 5) is 0. The summed E-state index contributed by atoms with van der Waals surface area (Å²) in [5.41, 5.74) is 2.86. The van der Waals surface area contributed by atoms with Crippen molar-refractivity contribution in [1.29, 1.82) is 0 Å². The molecule has 3 rings (SSSR count). The van der Waals surface area contributed by atoms with E-state index < -0.39 is 6.10 Å². The zero-order valence-corrected chi connectivity index (χ0v) is 12.1. The minimum Gasteiger partial charge on any atom is -0.389 e. The Kier molecular flexibility index (Phi) is 4.71. The SMILES string of the molecule is OC(CNC1CCCc2ccccc21)COCC1CC1. The first-order valence-electron chi connectivity index (χ1n) is 7.90. The molecule has 2 unspecified atom stereocenters. The van der Waals surface area contributed by atoms with Crippen LogP contribution >= 0.6 is 0 Å². The molecule has 20 heavy (non-hydrogen) atoms. The fourth-order valence-corrected chi connectivity index (χ4v) is 2.96. The highest BCUT2D eigenvalue weighted by Gasteiger charge is 2.22. The summed E-state index contributed by atoms with van der Waals surface area (Å²) < 4.78 is 5.54. The Bertz CT molecular complexity index is 431. The highest BCUT2D eigenvalue weighted by Crippen LogP contribution is 2.30. The molecule has 1 aromatic carbocycles. The van der Waals surface area contributed by atoms with Gasteiger partial charge in [0.2, 0.25) is 0 Å². The number of fused-ring (bicyclic) bond motifs is 1. The molecule has 3 heteroatoms. The molecule has 0 heterocycles. The zero-order chi connectivity index (χ0) is 13.8. The van der Waals surface area contributed by atoms with Gasteiger partial charge in [-0.3, -0.25) is 0 Å². The van der Waals surface area contributed by atoms with Crippen molar-refractivity contribution in [3.05, 3.63) is 35.4 Å². The van der Waals surface area contributed by atoms with E-state index in [0.29, 0.717) is 19.2 Å². The van der Waals surface area contributed by atoms with Crippen LogP contribution < -0.4 is 5.32 Å². The van der Waals surface area contributed by atoms with E-state index in [1.807, 2.05) is 0 Å². The fourth-order valence-electron chi connectivity index (χ4n) is 2.96. The third-order valence-corrected chi connectivity index (χ3v) is 4.33. The van der Waals surface area contributed by atoms with Crippen LogP contribution in [0.15, 0.2) is 24.3 Å². The molecule has 0 bridgehead atoms. The quantitative estimate of drug-likeness (QED) is 0.803. The Balaban J connectivity index is 1.43. The molecule has 2 aliphatic rings. The summed E-state index contributed by atoms with van der Waals surface area (Å²) in [6.07, 6.45) is 5.76. The third kappa shape index (κ3) is 3.81. The number of hydrogen-bond donors (Lipinski definition) is 2. The van der Waals surface area contributed by atoms with Gasteiger partial charge in [-0.1, -0.05) is 24.3 Å². The number of aliphatic hydroxyl groups excluding tert-OH is 1. The molecule has 2 N–H and O–H groups in total. The highest BCUT2D eigenvalue weighted by molar-refractivity contribution is 5.32. The van der Waals surface area contributed by atoms with E-state index in [4.69, 9.17) is 4.74 Å². The highest BCUT2D eigenvalue weighted by atomic mass is 16.5. The molecule has 0 aromatic heterocycles. The third-order valence-electron chi connectivity index (χ3n) is 4.33. The van der Waals surface area contributed by atoms with Gasteiger partial charge in [-0.05, 0) is 49.1 Å². The van der Waals surface area contributed by atoms with Crippen molar-refractivity contribution < 1.29 is 9.84 Å². The van der Waals surface area contributed by atoms with E-state index in [9.17, 15) is 5.11 Å². The van der Waals surface area contributed by atoms with Crippen molar-refractivity contribution >= 4 is 0 Å². The summed E-state index contributed by atoms with van der Waals surface area (Å²) in [7, 11) is 0. The van der Waals surface area contributed by atoms with Crippen molar-refractivity contribution in [3.8, 4) is 0 Å². The van der Waals surface area contributed by atoms with Gasteiger partial charge < -0.3 is 15.2 Å². The second kappa shape index (κ2) is 6.70. The second-order valence-electron chi connectivity index (χ2n) is 6.19. The van der Waals surface area contributed by atoms with E-state index in [0.717, 1.165) is 18.9 Å². The van der Waals surface area contributed by atoms with E-state index >= 15 is 0 Å². The van der Waals surface area contributed by atoms with Gasteiger partial charge in [0.15, 0.2) is 0 Å². The number of hydrogen-bond acceptors (Lipinski definition) is 3. The van der Waals surface area contributed by atoms with Crippen LogP contribution in [0.5, 0.6) is 0 Å². The summed E-state index contributed by atoms with van der Waals surface area (Å²) in [5.74, 6) is 0.764. The van der Waals surface area contributed by atoms with E-state index in [-0.39, 0.29) is 0 Å². The molecule has 1 aromatic rings. The van der Waals surface area contributed by atoms with Crippen molar-refractivity contribution in [1.82, 2.24) is 5.32 Å². The van der Waals surface area contributed by atoms with Crippen LogP contribution in [0.3, 0.4) is 0 Å². The Morgan fingerprint density at radius 1 is 1.25 bits per heavy atom. The maximum absolute atomic E-state index is 9.97. The lowest BCUT2D eigenvalue weighted by atomic mass is 9.88. The molecule has 0 aliphatic heterocycles. The summed E-state index contributed by atoms with van der Waals surface area (Å²) in [6, 6.07) is 9.04. The Hall–Kier alpha value is -0.900. The molecule has 1 fully saturated rings. The molecule has 110 valence electrons. The number of aliphatic hydroxyl groups is 1. The first-order valence-corrected chi connectivity index (χ1v) is 7.90. The maximum atomic E-state index is 9.97. The molecule has 2 atom stereocenters. The van der Waals surface area contributed by atoms with Gasteiger partial charge in [0, 0.05) is 19.2 Å². The Morgan fingerprint density at radius 2 is 2.10 bits per heavy atom.